The number of benzene rings is 1. The standard InChI is InChI=1S/C18H24ClN5O/c1-12(14-4-6-15(19)7-5-14)23(3)18(25)17-13(2)24(22-21-17)16-8-10-20-11-9-16/h4-7,12,16,20H,8-11H2,1-3H3. The lowest BCUT2D eigenvalue weighted by molar-refractivity contribution is 0.0735. The van der Waals surface area contributed by atoms with E-state index < -0.39 is 0 Å². The molecule has 1 unspecified atom stereocenters. The summed E-state index contributed by atoms with van der Waals surface area (Å²) in [6.45, 7) is 5.87. The van der Waals surface area contributed by atoms with E-state index in [1.807, 2.05) is 42.8 Å². The first-order chi connectivity index (χ1) is 12.0. The molecule has 0 radical (unpaired) electrons. The fraction of sp³-hybridized carbons (Fsp3) is 0.500. The number of nitrogens with zero attached hydrogens (tertiary/aromatic N) is 4. The van der Waals surface area contributed by atoms with Crippen molar-refractivity contribution < 1.29 is 4.79 Å². The van der Waals surface area contributed by atoms with Crippen molar-refractivity contribution in [2.75, 3.05) is 20.1 Å². The molecule has 1 aromatic heterocycles. The van der Waals surface area contributed by atoms with Gasteiger partial charge >= 0.3 is 0 Å². The third kappa shape index (κ3) is 3.70. The van der Waals surface area contributed by atoms with E-state index in [2.05, 4.69) is 15.6 Å². The van der Waals surface area contributed by atoms with Crippen LogP contribution in [0.1, 0.15) is 53.6 Å². The summed E-state index contributed by atoms with van der Waals surface area (Å²) in [7, 11) is 1.80. The number of carbonyl (C=O) groups is 1. The third-order valence-corrected chi connectivity index (χ3v) is 5.29. The van der Waals surface area contributed by atoms with Crippen molar-refractivity contribution >= 4 is 17.5 Å². The van der Waals surface area contributed by atoms with Crippen LogP contribution in [-0.4, -0.2) is 45.9 Å². The normalized spacial score (nSPS) is 16.6. The molecule has 1 amide bonds. The molecule has 1 fully saturated rings. The van der Waals surface area contributed by atoms with Gasteiger partial charge in [-0.15, -0.1) is 5.10 Å². The van der Waals surface area contributed by atoms with E-state index in [0.29, 0.717) is 16.8 Å². The maximum absolute atomic E-state index is 12.9. The van der Waals surface area contributed by atoms with Crippen molar-refractivity contribution in [1.29, 1.82) is 0 Å². The van der Waals surface area contributed by atoms with Crippen LogP contribution in [0.4, 0.5) is 0 Å². The number of halogens is 1. The molecule has 1 aliphatic heterocycles. The Bertz CT molecular complexity index is 736. The number of aromatic nitrogens is 3. The summed E-state index contributed by atoms with van der Waals surface area (Å²) in [6, 6.07) is 7.79. The first-order valence-electron chi connectivity index (χ1n) is 8.64. The van der Waals surface area contributed by atoms with E-state index in [0.717, 1.165) is 37.2 Å². The Balaban J connectivity index is 1.78. The SMILES string of the molecule is Cc1c(C(=O)N(C)C(C)c2ccc(Cl)cc2)nnn1C1CCNCC1. The van der Waals surface area contributed by atoms with E-state index in [4.69, 9.17) is 11.6 Å². The molecule has 0 spiro atoms. The summed E-state index contributed by atoms with van der Waals surface area (Å²) in [5.74, 6) is -0.111. The Hall–Kier alpha value is -1.92. The first-order valence-corrected chi connectivity index (χ1v) is 9.02. The second-order valence-electron chi connectivity index (χ2n) is 6.59. The van der Waals surface area contributed by atoms with Gasteiger partial charge in [-0.2, -0.15) is 0 Å². The number of hydrogen-bond acceptors (Lipinski definition) is 4. The number of carbonyl (C=O) groups excluding carboxylic acids is 1. The number of hydrogen-bond donors (Lipinski definition) is 1. The third-order valence-electron chi connectivity index (χ3n) is 5.04. The number of rotatable bonds is 4. The number of nitrogens with one attached hydrogen (secondary N) is 1. The Morgan fingerprint density at radius 3 is 2.60 bits per heavy atom. The molecular formula is C18H24ClN5O. The van der Waals surface area contributed by atoms with Crippen molar-refractivity contribution in [2.24, 2.45) is 0 Å². The average molecular weight is 362 g/mol. The van der Waals surface area contributed by atoms with Crippen molar-refractivity contribution in [3.8, 4) is 0 Å². The zero-order valence-corrected chi connectivity index (χ0v) is 15.6. The highest BCUT2D eigenvalue weighted by molar-refractivity contribution is 6.30. The van der Waals surface area contributed by atoms with Gasteiger partial charge in [-0.05, 0) is 57.5 Å². The molecule has 1 aliphatic rings. The predicted octanol–water partition coefficient (Wildman–Crippen LogP) is 3.00. The van der Waals surface area contributed by atoms with E-state index in [1.165, 1.54) is 0 Å². The van der Waals surface area contributed by atoms with Gasteiger partial charge in [-0.25, -0.2) is 4.68 Å². The van der Waals surface area contributed by atoms with E-state index in [9.17, 15) is 4.79 Å². The predicted molar refractivity (Wildman–Crippen MR) is 97.9 cm³/mol. The Morgan fingerprint density at radius 1 is 1.32 bits per heavy atom. The second kappa shape index (κ2) is 7.54. The summed E-state index contributed by atoms with van der Waals surface area (Å²) in [5, 5.41) is 12.5. The molecule has 1 aromatic carbocycles. The van der Waals surface area contributed by atoms with Crippen LogP contribution in [0.3, 0.4) is 0 Å². The van der Waals surface area contributed by atoms with Crippen LogP contribution in [0, 0.1) is 6.92 Å². The van der Waals surface area contributed by atoms with Gasteiger partial charge in [-0.3, -0.25) is 4.79 Å². The molecule has 2 heterocycles. The molecule has 0 bridgehead atoms. The van der Waals surface area contributed by atoms with Crippen LogP contribution in [0.15, 0.2) is 24.3 Å². The molecule has 134 valence electrons. The Morgan fingerprint density at radius 2 is 1.96 bits per heavy atom. The molecule has 6 nitrogen and oxygen atoms in total. The van der Waals surface area contributed by atoms with Crippen LogP contribution in [0.5, 0.6) is 0 Å². The van der Waals surface area contributed by atoms with Gasteiger partial charge in [0.1, 0.15) is 0 Å². The van der Waals surface area contributed by atoms with Crippen LogP contribution in [0.2, 0.25) is 5.02 Å². The molecule has 1 saturated heterocycles. The summed E-state index contributed by atoms with van der Waals surface area (Å²) in [5.41, 5.74) is 2.30. The summed E-state index contributed by atoms with van der Waals surface area (Å²) < 4.78 is 1.91. The largest absolute Gasteiger partial charge is 0.333 e. The van der Waals surface area contributed by atoms with Crippen LogP contribution >= 0.6 is 11.6 Å². The van der Waals surface area contributed by atoms with Gasteiger partial charge in [0.25, 0.3) is 5.91 Å². The first kappa shape index (κ1) is 17.9. The topological polar surface area (TPSA) is 63.1 Å². The smallest absolute Gasteiger partial charge is 0.276 e. The molecule has 3 rings (SSSR count). The monoisotopic (exact) mass is 361 g/mol. The van der Waals surface area contributed by atoms with Gasteiger partial charge in [0.05, 0.1) is 17.8 Å². The maximum atomic E-state index is 12.9. The number of amides is 1. The minimum absolute atomic E-state index is 0.0757. The van der Waals surface area contributed by atoms with E-state index in [-0.39, 0.29) is 11.9 Å². The lowest BCUT2D eigenvalue weighted by Gasteiger charge is -2.25. The van der Waals surface area contributed by atoms with Crippen molar-refractivity contribution in [3.63, 3.8) is 0 Å². The molecule has 2 aromatic rings. The molecular weight excluding hydrogens is 338 g/mol. The average Bonchev–Trinajstić information content (AvgIpc) is 3.02. The quantitative estimate of drug-likeness (QED) is 0.909. The van der Waals surface area contributed by atoms with E-state index in [1.54, 1.807) is 11.9 Å². The molecule has 1 atom stereocenters. The second-order valence-corrected chi connectivity index (χ2v) is 7.03. The van der Waals surface area contributed by atoms with Crippen molar-refractivity contribution in [3.05, 3.63) is 46.2 Å². The van der Waals surface area contributed by atoms with Gasteiger partial charge in [-0.1, -0.05) is 28.9 Å². The zero-order valence-electron chi connectivity index (χ0n) is 14.9. The van der Waals surface area contributed by atoms with Gasteiger partial charge in [0.2, 0.25) is 0 Å². The van der Waals surface area contributed by atoms with Gasteiger partial charge in [0.15, 0.2) is 5.69 Å². The summed E-state index contributed by atoms with van der Waals surface area (Å²) >= 11 is 5.95. The lowest BCUT2D eigenvalue weighted by atomic mass is 10.1. The maximum Gasteiger partial charge on any atom is 0.276 e. The fourth-order valence-electron chi connectivity index (χ4n) is 3.24. The fourth-order valence-corrected chi connectivity index (χ4v) is 3.37. The minimum atomic E-state index is -0.111. The highest BCUT2D eigenvalue weighted by Gasteiger charge is 2.26. The lowest BCUT2D eigenvalue weighted by Crippen LogP contribution is -2.31. The molecule has 0 saturated carbocycles. The molecule has 0 aliphatic carbocycles. The minimum Gasteiger partial charge on any atom is -0.333 e. The van der Waals surface area contributed by atoms with Crippen LogP contribution < -0.4 is 5.32 Å². The van der Waals surface area contributed by atoms with Crippen molar-refractivity contribution in [1.82, 2.24) is 25.2 Å². The zero-order chi connectivity index (χ0) is 18.0. The highest BCUT2D eigenvalue weighted by atomic mass is 35.5. The van der Waals surface area contributed by atoms with Crippen molar-refractivity contribution in [2.45, 2.75) is 38.8 Å². The van der Waals surface area contributed by atoms with Crippen LogP contribution in [-0.2, 0) is 0 Å². The van der Waals surface area contributed by atoms with Crippen LogP contribution in [0.25, 0.3) is 0 Å². The molecule has 7 heteroatoms. The van der Waals surface area contributed by atoms with Gasteiger partial charge < -0.3 is 10.2 Å². The highest BCUT2D eigenvalue weighted by Crippen LogP contribution is 2.24. The summed E-state index contributed by atoms with van der Waals surface area (Å²) in [4.78, 5) is 14.6. The van der Waals surface area contributed by atoms with Gasteiger partial charge in [0, 0.05) is 12.1 Å². The Kier molecular flexibility index (Phi) is 5.39. The number of piperidine rings is 1. The van der Waals surface area contributed by atoms with E-state index >= 15 is 0 Å². The molecule has 25 heavy (non-hydrogen) atoms. The Labute approximate surface area is 153 Å². The molecule has 1 N–H and O–H groups in total. The summed E-state index contributed by atoms with van der Waals surface area (Å²) in [6.07, 6.45) is 2.02.